The molecule has 106 valence electrons. The Hall–Kier alpha value is -1.15. The Morgan fingerprint density at radius 1 is 1.05 bits per heavy atom. The van der Waals surface area contributed by atoms with Crippen molar-refractivity contribution in [3.63, 3.8) is 0 Å². The van der Waals surface area contributed by atoms with Gasteiger partial charge in [-0.25, -0.2) is 0 Å². The van der Waals surface area contributed by atoms with Crippen LogP contribution in [-0.4, -0.2) is 12.3 Å². The molecule has 0 aliphatic heterocycles. The second-order valence-corrected chi connectivity index (χ2v) is 7.16. The van der Waals surface area contributed by atoms with Crippen LogP contribution in [-0.2, 0) is 5.41 Å². The van der Waals surface area contributed by atoms with Gasteiger partial charge in [-0.15, -0.1) is 0 Å². The molecule has 0 saturated carbocycles. The maximum atomic E-state index is 11.8. The largest absolute Gasteiger partial charge is 0.330 e. The highest BCUT2D eigenvalue weighted by molar-refractivity contribution is 5.96. The number of nitrogens with two attached hydrogens (primary N) is 1. The maximum Gasteiger partial charge on any atom is 0.164 e. The van der Waals surface area contributed by atoms with Gasteiger partial charge in [0.2, 0.25) is 0 Å². The van der Waals surface area contributed by atoms with Crippen LogP contribution >= 0.6 is 0 Å². The predicted octanol–water partition coefficient (Wildman–Crippen LogP) is 3.93. The topological polar surface area (TPSA) is 43.1 Å². The van der Waals surface area contributed by atoms with Crippen LogP contribution in [0.4, 0.5) is 0 Å². The van der Waals surface area contributed by atoms with Gasteiger partial charge in [-0.05, 0) is 29.4 Å². The first-order chi connectivity index (χ1) is 8.65. The molecule has 1 aromatic carbocycles. The molecule has 2 nitrogen and oxygen atoms in total. The van der Waals surface area contributed by atoms with Crippen molar-refractivity contribution in [1.82, 2.24) is 0 Å². The van der Waals surface area contributed by atoms with Crippen molar-refractivity contribution < 1.29 is 4.79 Å². The summed E-state index contributed by atoms with van der Waals surface area (Å²) in [6, 6.07) is 8.01. The third kappa shape index (κ3) is 4.79. The summed E-state index contributed by atoms with van der Waals surface area (Å²) in [6.45, 7) is 11.7. The fourth-order valence-electron chi connectivity index (χ4n) is 2.81. The molecule has 0 heterocycles. The highest BCUT2D eigenvalue weighted by Gasteiger charge is 2.27. The fourth-order valence-corrected chi connectivity index (χ4v) is 2.81. The van der Waals surface area contributed by atoms with E-state index in [-0.39, 0.29) is 16.6 Å². The Morgan fingerprint density at radius 2 is 1.58 bits per heavy atom. The van der Waals surface area contributed by atoms with Crippen molar-refractivity contribution in [2.75, 3.05) is 6.54 Å². The fraction of sp³-hybridized carbons (Fsp3) is 0.588. The first-order valence-corrected chi connectivity index (χ1v) is 6.99. The summed E-state index contributed by atoms with van der Waals surface area (Å²) in [5.74, 6) is 0.127. The van der Waals surface area contributed by atoms with E-state index in [1.54, 1.807) is 0 Å². The number of carbonyl (C=O) groups is 1. The zero-order valence-corrected chi connectivity index (χ0v) is 12.9. The van der Waals surface area contributed by atoms with E-state index in [0.29, 0.717) is 13.0 Å². The second kappa shape index (κ2) is 5.87. The van der Waals surface area contributed by atoms with Gasteiger partial charge in [-0.3, -0.25) is 4.79 Å². The van der Waals surface area contributed by atoms with Gasteiger partial charge in [-0.1, -0.05) is 58.9 Å². The minimum Gasteiger partial charge on any atom is -0.330 e. The van der Waals surface area contributed by atoms with E-state index in [1.807, 2.05) is 12.1 Å². The van der Waals surface area contributed by atoms with Crippen LogP contribution < -0.4 is 5.73 Å². The maximum absolute atomic E-state index is 11.8. The van der Waals surface area contributed by atoms with Crippen molar-refractivity contribution in [3.8, 4) is 0 Å². The van der Waals surface area contributed by atoms with Gasteiger partial charge in [0, 0.05) is 12.0 Å². The number of hydrogen-bond donors (Lipinski definition) is 1. The van der Waals surface area contributed by atoms with Gasteiger partial charge in [0.25, 0.3) is 0 Å². The monoisotopic (exact) mass is 261 g/mol. The highest BCUT2D eigenvalue weighted by atomic mass is 16.1. The third-order valence-corrected chi connectivity index (χ3v) is 3.33. The summed E-state index contributed by atoms with van der Waals surface area (Å²) in [4.78, 5) is 11.8. The average molecular weight is 261 g/mol. The van der Waals surface area contributed by atoms with Crippen molar-refractivity contribution in [2.45, 2.75) is 52.9 Å². The first-order valence-electron chi connectivity index (χ1n) is 6.99. The summed E-state index contributed by atoms with van der Waals surface area (Å²) >= 11 is 0. The highest BCUT2D eigenvalue weighted by Crippen LogP contribution is 2.36. The number of hydrogen-bond acceptors (Lipinski definition) is 2. The van der Waals surface area contributed by atoms with Crippen molar-refractivity contribution in [2.24, 2.45) is 11.1 Å². The number of rotatable bonds is 5. The minimum absolute atomic E-state index is 0.119. The van der Waals surface area contributed by atoms with Crippen LogP contribution in [0.5, 0.6) is 0 Å². The van der Waals surface area contributed by atoms with Crippen LogP contribution in [0.15, 0.2) is 24.3 Å². The zero-order chi connectivity index (χ0) is 14.7. The Balaban J connectivity index is 2.89. The standard InChI is InChI=1S/C17H27NO/c1-16(2,3)12-17(4,5)14-8-6-13(7-9-14)15(19)10-11-18/h6-9H,10-12,18H2,1-5H3. The lowest BCUT2D eigenvalue weighted by Gasteiger charge is -2.33. The molecule has 0 atom stereocenters. The molecule has 2 heteroatoms. The van der Waals surface area contributed by atoms with Crippen molar-refractivity contribution >= 4 is 5.78 Å². The molecule has 0 aromatic heterocycles. The molecule has 2 N–H and O–H groups in total. The Kier molecular flexibility index (Phi) is 4.92. The van der Waals surface area contributed by atoms with Crippen molar-refractivity contribution in [1.29, 1.82) is 0 Å². The second-order valence-electron chi connectivity index (χ2n) is 7.16. The lowest BCUT2D eigenvalue weighted by molar-refractivity contribution is 0.0985. The van der Waals surface area contributed by atoms with Crippen LogP contribution in [0.2, 0.25) is 0 Å². The molecule has 1 rings (SSSR count). The molecule has 19 heavy (non-hydrogen) atoms. The van der Waals surface area contributed by atoms with Gasteiger partial charge >= 0.3 is 0 Å². The van der Waals surface area contributed by atoms with E-state index in [0.717, 1.165) is 12.0 Å². The minimum atomic E-state index is 0.119. The normalized spacial score (nSPS) is 12.5. The number of ketones is 1. The average Bonchev–Trinajstić information content (AvgIpc) is 2.26. The van der Waals surface area contributed by atoms with E-state index < -0.39 is 0 Å². The lowest BCUT2D eigenvalue weighted by Crippen LogP contribution is -2.24. The van der Waals surface area contributed by atoms with Crippen molar-refractivity contribution in [3.05, 3.63) is 35.4 Å². The van der Waals surface area contributed by atoms with Gasteiger partial charge < -0.3 is 5.73 Å². The first kappa shape index (κ1) is 15.9. The van der Waals surface area contributed by atoms with E-state index in [4.69, 9.17) is 5.73 Å². The molecule has 0 fully saturated rings. The summed E-state index contributed by atoms with van der Waals surface area (Å²) in [5, 5.41) is 0. The Morgan fingerprint density at radius 3 is 2.00 bits per heavy atom. The van der Waals surface area contributed by atoms with Crippen LogP contribution in [0.3, 0.4) is 0 Å². The molecule has 0 bridgehead atoms. The molecule has 0 aliphatic rings. The van der Waals surface area contributed by atoms with E-state index in [1.165, 1.54) is 5.56 Å². The van der Waals surface area contributed by atoms with Gasteiger partial charge in [0.05, 0.1) is 0 Å². The zero-order valence-electron chi connectivity index (χ0n) is 12.9. The van der Waals surface area contributed by atoms with Crippen LogP contribution in [0.25, 0.3) is 0 Å². The summed E-state index contributed by atoms with van der Waals surface area (Å²) in [7, 11) is 0. The number of carbonyl (C=O) groups excluding carboxylic acids is 1. The lowest BCUT2D eigenvalue weighted by atomic mass is 9.72. The molecule has 1 aromatic rings. The molecule has 0 aliphatic carbocycles. The van der Waals surface area contributed by atoms with Crippen LogP contribution in [0.1, 0.15) is 63.4 Å². The molecule has 0 saturated heterocycles. The van der Waals surface area contributed by atoms with Crippen LogP contribution in [0, 0.1) is 5.41 Å². The molecule has 0 amide bonds. The molecule has 0 unspecified atom stereocenters. The molecular weight excluding hydrogens is 234 g/mol. The van der Waals surface area contributed by atoms with Gasteiger partial charge in [0.1, 0.15) is 0 Å². The number of Topliss-reactive ketones (excluding diaryl/α,β-unsaturated/α-hetero) is 1. The molecule has 0 radical (unpaired) electrons. The van der Waals surface area contributed by atoms with Gasteiger partial charge in [-0.2, -0.15) is 0 Å². The quantitative estimate of drug-likeness (QED) is 0.816. The SMILES string of the molecule is CC(C)(C)CC(C)(C)c1ccc(C(=O)CCN)cc1. The summed E-state index contributed by atoms with van der Waals surface area (Å²) in [5.41, 5.74) is 7.87. The van der Waals surface area contributed by atoms with E-state index >= 15 is 0 Å². The smallest absolute Gasteiger partial charge is 0.164 e. The Bertz CT molecular complexity index is 424. The van der Waals surface area contributed by atoms with E-state index in [2.05, 4.69) is 46.8 Å². The predicted molar refractivity (Wildman–Crippen MR) is 81.5 cm³/mol. The molecular formula is C17H27NO. The Labute approximate surface area is 117 Å². The van der Waals surface area contributed by atoms with E-state index in [9.17, 15) is 4.79 Å². The summed E-state index contributed by atoms with van der Waals surface area (Å²) < 4.78 is 0. The molecule has 0 spiro atoms. The van der Waals surface area contributed by atoms with Gasteiger partial charge in [0.15, 0.2) is 5.78 Å². The third-order valence-electron chi connectivity index (χ3n) is 3.33. The summed E-state index contributed by atoms with van der Waals surface area (Å²) in [6.07, 6.45) is 1.53. The number of benzene rings is 1.